The quantitative estimate of drug-likeness (QED) is 0.891. The highest BCUT2D eigenvalue weighted by Gasteiger charge is 2.10. The van der Waals surface area contributed by atoms with Crippen molar-refractivity contribution in [3.63, 3.8) is 0 Å². The van der Waals surface area contributed by atoms with Crippen molar-refractivity contribution >= 4 is 29.7 Å². The lowest BCUT2D eigenvalue weighted by molar-refractivity contribution is -0.121. The van der Waals surface area contributed by atoms with Gasteiger partial charge in [0, 0.05) is 23.4 Å². The van der Waals surface area contributed by atoms with Gasteiger partial charge < -0.3 is 11.1 Å². The van der Waals surface area contributed by atoms with Crippen LogP contribution in [-0.2, 0) is 11.3 Å². The first-order chi connectivity index (χ1) is 9.20. The molecule has 0 aliphatic carbocycles. The second kappa shape index (κ2) is 7.99. The largest absolute Gasteiger partial charge is 0.351 e. The molecule has 1 aromatic heterocycles. The molecule has 0 fully saturated rings. The first-order valence-electron chi connectivity index (χ1n) is 6.19. The lowest BCUT2D eigenvalue weighted by atomic mass is 10.2. The Balaban J connectivity index is 0.00000200. The number of nitrogens with two attached hydrogens (primary N) is 1. The van der Waals surface area contributed by atoms with E-state index in [9.17, 15) is 4.79 Å². The number of thiazole rings is 1. The highest BCUT2D eigenvalue weighted by atomic mass is 35.5. The van der Waals surface area contributed by atoms with E-state index in [4.69, 9.17) is 5.73 Å². The van der Waals surface area contributed by atoms with E-state index < -0.39 is 0 Å². The Hall–Kier alpha value is -1.43. The van der Waals surface area contributed by atoms with E-state index in [2.05, 4.69) is 10.3 Å². The number of rotatable bonds is 5. The second-order valence-electron chi connectivity index (χ2n) is 4.21. The van der Waals surface area contributed by atoms with Gasteiger partial charge in [-0.2, -0.15) is 0 Å². The maximum absolute atomic E-state index is 11.4. The third kappa shape index (κ3) is 4.30. The fraction of sp³-hybridized carbons (Fsp3) is 0.286. The molecule has 108 valence electrons. The molecular formula is C14H18ClN3OS. The number of halogens is 1. The minimum absolute atomic E-state index is 0. The average Bonchev–Trinajstić information content (AvgIpc) is 2.79. The van der Waals surface area contributed by atoms with Crippen molar-refractivity contribution in [3.05, 3.63) is 40.9 Å². The summed E-state index contributed by atoms with van der Waals surface area (Å²) < 4.78 is 0. The standard InChI is InChI=1S/C14H17N3OS.ClH/c1-10-12(9-16-13(18)7-8-15)19-14(17-10)11-5-3-2-4-6-11;/h2-6H,7-9,15H2,1H3,(H,16,18);1H. The maximum atomic E-state index is 11.4. The summed E-state index contributed by atoms with van der Waals surface area (Å²) in [6, 6.07) is 10.0. The normalized spacial score (nSPS) is 9.90. The van der Waals surface area contributed by atoms with E-state index in [1.165, 1.54) is 0 Å². The number of aryl methyl sites for hydroxylation is 1. The Labute approximate surface area is 128 Å². The number of carbonyl (C=O) groups is 1. The SMILES string of the molecule is Cc1nc(-c2ccccc2)sc1CNC(=O)CCN.Cl. The van der Waals surface area contributed by atoms with E-state index in [0.29, 0.717) is 19.5 Å². The first-order valence-corrected chi connectivity index (χ1v) is 7.01. The summed E-state index contributed by atoms with van der Waals surface area (Å²) in [6.07, 6.45) is 0.364. The predicted molar refractivity (Wildman–Crippen MR) is 85.1 cm³/mol. The lowest BCUT2D eigenvalue weighted by Crippen LogP contribution is -2.24. The molecule has 0 aliphatic heterocycles. The van der Waals surface area contributed by atoms with Gasteiger partial charge in [-0.3, -0.25) is 4.79 Å². The minimum Gasteiger partial charge on any atom is -0.351 e. The number of amides is 1. The minimum atomic E-state index is -0.0171. The predicted octanol–water partition coefficient (Wildman–Crippen LogP) is 2.51. The molecule has 1 amide bonds. The number of hydrogen-bond donors (Lipinski definition) is 2. The van der Waals surface area contributed by atoms with E-state index in [1.54, 1.807) is 11.3 Å². The molecule has 0 spiro atoms. The van der Waals surface area contributed by atoms with Gasteiger partial charge in [-0.25, -0.2) is 4.98 Å². The van der Waals surface area contributed by atoms with Gasteiger partial charge in [-0.05, 0) is 6.92 Å². The summed E-state index contributed by atoms with van der Waals surface area (Å²) in [5.41, 5.74) is 7.41. The smallest absolute Gasteiger partial charge is 0.221 e. The fourth-order valence-corrected chi connectivity index (χ4v) is 2.70. The number of benzene rings is 1. The summed E-state index contributed by atoms with van der Waals surface area (Å²) in [5.74, 6) is -0.0171. The Morgan fingerprint density at radius 2 is 2.05 bits per heavy atom. The molecule has 0 bridgehead atoms. The highest BCUT2D eigenvalue weighted by Crippen LogP contribution is 2.27. The fourth-order valence-electron chi connectivity index (χ4n) is 1.69. The summed E-state index contributed by atoms with van der Waals surface area (Å²) in [5, 5.41) is 3.84. The van der Waals surface area contributed by atoms with E-state index >= 15 is 0 Å². The molecule has 0 unspecified atom stereocenters. The molecule has 3 N–H and O–H groups in total. The number of carbonyl (C=O) groups excluding carboxylic acids is 1. The molecule has 20 heavy (non-hydrogen) atoms. The zero-order valence-electron chi connectivity index (χ0n) is 11.3. The summed E-state index contributed by atoms with van der Waals surface area (Å²) in [6.45, 7) is 2.87. The van der Waals surface area contributed by atoms with Crippen LogP contribution in [0.25, 0.3) is 10.6 Å². The topological polar surface area (TPSA) is 68.0 Å². The molecule has 6 heteroatoms. The highest BCUT2D eigenvalue weighted by molar-refractivity contribution is 7.15. The van der Waals surface area contributed by atoms with Gasteiger partial charge >= 0.3 is 0 Å². The van der Waals surface area contributed by atoms with Crippen LogP contribution in [0.2, 0.25) is 0 Å². The van der Waals surface area contributed by atoms with E-state index in [1.807, 2.05) is 37.3 Å². The van der Waals surface area contributed by atoms with Crippen LogP contribution in [0.5, 0.6) is 0 Å². The van der Waals surface area contributed by atoms with Crippen LogP contribution >= 0.6 is 23.7 Å². The molecular weight excluding hydrogens is 294 g/mol. The summed E-state index contributed by atoms with van der Waals surface area (Å²) >= 11 is 1.62. The maximum Gasteiger partial charge on any atom is 0.221 e. The Morgan fingerprint density at radius 3 is 2.70 bits per heavy atom. The van der Waals surface area contributed by atoms with Crippen LogP contribution in [0, 0.1) is 6.92 Å². The Kier molecular flexibility index (Phi) is 6.64. The number of hydrogen-bond acceptors (Lipinski definition) is 4. The van der Waals surface area contributed by atoms with E-state index in [-0.39, 0.29) is 18.3 Å². The molecule has 0 saturated heterocycles. The molecule has 0 radical (unpaired) electrons. The van der Waals surface area contributed by atoms with Gasteiger partial charge in [0.2, 0.25) is 5.91 Å². The number of nitrogens with zero attached hydrogens (tertiary/aromatic N) is 1. The van der Waals surface area contributed by atoms with Crippen LogP contribution in [0.1, 0.15) is 17.0 Å². The summed E-state index contributed by atoms with van der Waals surface area (Å²) in [7, 11) is 0. The second-order valence-corrected chi connectivity index (χ2v) is 5.29. The van der Waals surface area contributed by atoms with Crippen LogP contribution in [0.15, 0.2) is 30.3 Å². The van der Waals surface area contributed by atoms with Crippen molar-refractivity contribution in [1.29, 1.82) is 0 Å². The molecule has 2 rings (SSSR count). The van der Waals surface area contributed by atoms with Crippen molar-refractivity contribution in [2.45, 2.75) is 19.9 Å². The Morgan fingerprint density at radius 1 is 1.35 bits per heavy atom. The average molecular weight is 312 g/mol. The van der Waals surface area contributed by atoms with Crippen molar-refractivity contribution in [2.75, 3.05) is 6.54 Å². The van der Waals surface area contributed by atoms with Gasteiger partial charge in [0.1, 0.15) is 5.01 Å². The molecule has 1 aromatic carbocycles. The molecule has 4 nitrogen and oxygen atoms in total. The third-order valence-corrected chi connectivity index (χ3v) is 3.94. The zero-order chi connectivity index (χ0) is 13.7. The van der Waals surface area contributed by atoms with Crippen LogP contribution in [0.4, 0.5) is 0 Å². The summed E-state index contributed by atoms with van der Waals surface area (Å²) in [4.78, 5) is 17.0. The van der Waals surface area contributed by atoms with Gasteiger partial charge in [0.15, 0.2) is 0 Å². The van der Waals surface area contributed by atoms with Crippen molar-refractivity contribution in [2.24, 2.45) is 5.73 Å². The van der Waals surface area contributed by atoms with Gasteiger partial charge in [0.25, 0.3) is 0 Å². The van der Waals surface area contributed by atoms with E-state index in [0.717, 1.165) is 21.1 Å². The zero-order valence-corrected chi connectivity index (χ0v) is 12.9. The molecule has 0 aliphatic rings. The van der Waals surface area contributed by atoms with Crippen molar-refractivity contribution < 1.29 is 4.79 Å². The number of aromatic nitrogens is 1. The van der Waals surface area contributed by atoms with Crippen LogP contribution in [0.3, 0.4) is 0 Å². The van der Waals surface area contributed by atoms with Gasteiger partial charge in [-0.15, -0.1) is 23.7 Å². The molecule has 0 atom stereocenters. The van der Waals surface area contributed by atoms with Gasteiger partial charge in [0.05, 0.1) is 12.2 Å². The lowest BCUT2D eigenvalue weighted by Gasteiger charge is -2.02. The monoisotopic (exact) mass is 311 g/mol. The Bertz CT molecular complexity index is 557. The van der Waals surface area contributed by atoms with Crippen LogP contribution in [-0.4, -0.2) is 17.4 Å². The number of nitrogens with one attached hydrogen (secondary N) is 1. The molecule has 1 heterocycles. The van der Waals surface area contributed by atoms with Crippen molar-refractivity contribution in [1.82, 2.24) is 10.3 Å². The third-order valence-electron chi connectivity index (χ3n) is 2.73. The molecule has 0 saturated carbocycles. The van der Waals surface area contributed by atoms with Crippen molar-refractivity contribution in [3.8, 4) is 10.6 Å². The first kappa shape index (κ1) is 16.6. The van der Waals surface area contributed by atoms with Crippen LogP contribution < -0.4 is 11.1 Å². The van der Waals surface area contributed by atoms with Gasteiger partial charge in [-0.1, -0.05) is 30.3 Å². The molecule has 2 aromatic rings.